The first-order valence-electron chi connectivity index (χ1n) is 12.0. The number of nitriles is 1. The minimum absolute atomic E-state index is 0.0646. The first-order valence-corrected chi connectivity index (χ1v) is 14.0. The molecule has 1 aliphatic heterocycles. The molecule has 0 radical (unpaired) electrons. The van der Waals surface area contributed by atoms with Gasteiger partial charge in [-0.3, -0.25) is 4.90 Å². The number of rotatable bonds is 10. The van der Waals surface area contributed by atoms with Gasteiger partial charge in [0.25, 0.3) is 0 Å². The van der Waals surface area contributed by atoms with Crippen molar-refractivity contribution >= 4 is 21.6 Å². The summed E-state index contributed by atoms with van der Waals surface area (Å²) in [6.07, 6.45) is 4.70. The van der Waals surface area contributed by atoms with E-state index in [1.807, 2.05) is 25.1 Å². The van der Waals surface area contributed by atoms with Gasteiger partial charge in [0, 0.05) is 29.6 Å². The van der Waals surface area contributed by atoms with E-state index in [9.17, 15) is 13.7 Å². The van der Waals surface area contributed by atoms with Crippen molar-refractivity contribution in [2.24, 2.45) is 0 Å². The van der Waals surface area contributed by atoms with Crippen molar-refractivity contribution in [2.75, 3.05) is 32.0 Å². The summed E-state index contributed by atoms with van der Waals surface area (Å²) in [5, 5.41) is 10.3. The van der Waals surface area contributed by atoms with Crippen molar-refractivity contribution < 1.29 is 13.2 Å². The Morgan fingerprint density at radius 1 is 1.26 bits per heavy atom. The largest absolute Gasteiger partial charge is 0.492 e. The van der Waals surface area contributed by atoms with E-state index in [0.29, 0.717) is 13.0 Å². The first-order chi connectivity index (χ1) is 16.4. The average Bonchev–Trinajstić information content (AvgIpc) is 2.77. The predicted molar refractivity (Wildman–Crippen MR) is 135 cm³/mol. The van der Waals surface area contributed by atoms with Crippen LogP contribution in [0.4, 0.5) is 0 Å². The van der Waals surface area contributed by atoms with Gasteiger partial charge >= 0.3 is 0 Å². The highest BCUT2D eigenvalue weighted by Crippen LogP contribution is 2.56. The van der Waals surface area contributed by atoms with Crippen LogP contribution >= 0.6 is 11.6 Å². The molecular formula is C26H32ClN3O3S. The second-order valence-electron chi connectivity index (χ2n) is 9.22. The number of hydrogen-bond donors (Lipinski definition) is 1. The third-order valence-corrected chi connectivity index (χ3v) is 8.88. The van der Waals surface area contributed by atoms with Crippen molar-refractivity contribution in [3.05, 3.63) is 64.2 Å². The summed E-state index contributed by atoms with van der Waals surface area (Å²) < 4.78 is 32.3. The van der Waals surface area contributed by atoms with Crippen LogP contribution in [-0.4, -0.2) is 45.3 Å². The van der Waals surface area contributed by atoms with E-state index in [0.717, 1.165) is 43.0 Å². The molecule has 1 unspecified atom stereocenters. The summed E-state index contributed by atoms with van der Waals surface area (Å²) in [5.41, 5.74) is 3.61. The Bertz CT molecular complexity index is 1160. The van der Waals surface area contributed by atoms with Gasteiger partial charge in [-0.25, -0.2) is 13.1 Å². The molecule has 2 aromatic rings. The molecule has 0 spiro atoms. The van der Waals surface area contributed by atoms with Gasteiger partial charge in [0.15, 0.2) is 0 Å². The van der Waals surface area contributed by atoms with Gasteiger partial charge in [0.05, 0.1) is 18.4 Å². The van der Waals surface area contributed by atoms with E-state index in [2.05, 4.69) is 40.0 Å². The SMILES string of the molecule is CCCS(=O)(=O)NCCOc1ccc2c(c1)C(C1(c3cccc(Cl)c3)CCC1)N(CC#N)CC2. The zero-order valence-electron chi connectivity index (χ0n) is 19.6. The zero-order valence-corrected chi connectivity index (χ0v) is 21.2. The maximum absolute atomic E-state index is 11.9. The van der Waals surface area contributed by atoms with Gasteiger partial charge in [-0.1, -0.05) is 43.1 Å². The van der Waals surface area contributed by atoms with Crippen LogP contribution in [0.3, 0.4) is 0 Å². The molecule has 0 amide bonds. The Kier molecular flexibility index (Phi) is 7.83. The number of hydrogen-bond acceptors (Lipinski definition) is 5. The van der Waals surface area contributed by atoms with Gasteiger partial charge in [0.1, 0.15) is 12.4 Å². The van der Waals surface area contributed by atoms with Gasteiger partial charge in [0.2, 0.25) is 10.0 Å². The van der Waals surface area contributed by atoms with Crippen molar-refractivity contribution in [3.8, 4) is 11.8 Å². The van der Waals surface area contributed by atoms with E-state index >= 15 is 0 Å². The topological polar surface area (TPSA) is 82.4 Å². The summed E-state index contributed by atoms with van der Waals surface area (Å²) in [5.74, 6) is 0.839. The summed E-state index contributed by atoms with van der Waals surface area (Å²) in [6.45, 7) is 3.54. The van der Waals surface area contributed by atoms with Crippen LogP contribution < -0.4 is 9.46 Å². The lowest BCUT2D eigenvalue weighted by Gasteiger charge is -2.54. The second-order valence-corrected chi connectivity index (χ2v) is 11.6. The molecule has 182 valence electrons. The molecule has 0 aromatic heterocycles. The summed E-state index contributed by atoms with van der Waals surface area (Å²) in [7, 11) is -3.25. The van der Waals surface area contributed by atoms with Crippen LogP contribution in [0.5, 0.6) is 5.75 Å². The van der Waals surface area contributed by atoms with Crippen LogP contribution in [0.25, 0.3) is 0 Å². The Morgan fingerprint density at radius 2 is 2.09 bits per heavy atom. The van der Waals surface area contributed by atoms with Crippen LogP contribution in [0.2, 0.25) is 5.02 Å². The molecule has 2 aliphatic rings. The third kappa shape index (κ3) is 5.26. The maximum Gasteiger partial charge on any atom is 0.211 e. The monoisotopic (exact) mass is 501 g/mol. The smallest absolute Gasteiger partial charge is 0.211 e. The van der Waals surface area contributed by atoms with Crippen molar-refractivity contribution in [1.82, 2.24) is 9.62 Å². The second kappa shape index (κ2) is 10.7. The summed E-state index contributed by atoms with van der Waals surface area (Å²) in [6, 6.07) is 16.7. The van der Waals surface area contributed by atoms with Crippen molar-refractivity contribution in [2.45, 2.75) is 50.5 Å². The van der Waals surface area contributed by atoms with Gasteiger partial charge < -0.3 is 4.74 Å². The maximum atomic E-state index is 11.9. The van der Waals surface area contributed by atoms with Crippen LogP contribution in [-0.2, 0) is 21.9 Å². The lowest BCUT2D eigenvalue weighted by Crippen LogP contribution is -2.51. The quantitative estimate of drug-likeness (QED) is 0.380. The molecule has 1 fully saturated rings. The number of nitrogens with one attached hydrogen (secondary N) is 1. The molecule has 6 nitrogen and oxygen atoms in total. The Morgan fingerprint density at radius 3 is 2.76 bits per heavy atom. The van der Waals surface area contributed by atoms with E-state index in [1.165, 1.54) is 16.7 Å². The number of nitrogens with zero attached hydrogens (tertiary/aromatic N) is 2. The minimum atomic E-state index is -3.25. The fourth-order valence-electron chi connectivity index (χ4n) is 5.43. The minimum Gasteiger partial charge on any atom is -0.492 e. The number of fused-ring (bicyclic) bond motifs is 1. The van der Waals surface area contributed by atoms with E-state index in [1.54, 1.807) is 0 Å². The standard InChI is InChI=1S/C26H32ClN3O3S/c1-2-17-34(31,32)29-13-16-33-23-8-7-20-9-14-30(15-12-28)25(24(20)19-23)26(10-4-11-26)21-5-3-6-22(27)18-21/h3,5-8,18-19,25,29H,2,4,9-11,13-17H2,1H3. The van der Waals surface area contributed by atoms with Gasteiger partial charge in [-0.15, -0.1) is 0 Å². The van der Waals surface area contributed by atoms with Crippen molar-refractivity contribution in [1.29, 1.82) is 5.26 Å². The molecule has 1 heterocycles. The van der Waals surface area contributed by atoms with Crippen LogP contribution in [0, 0.1) is 11.3 Å². The molecule has 1 atom stereocenters. The molecule has 1 aliphatic carbocycles. The summed E-state index contributed by atoms with van der Waals surface area (Å²) >= 11 is 6.38. The molecule has 1 saturated carbocycles. The number of halogens is 1. The predicted octanol–water partition coefficient (Wildman–Crippen LogP) is 4.59. The highest BCUT2D eigenvalue weighted by atomic mass is 35.5. The fourth-order valence-corrected chi connectivity index (χ4v) is 6.69. The number of ether oxygens (including phenoxy) is 1. The highest BCUT2D eigenvalue weighted by molar-refractivity contribution is 7.89. The Hall–Kier alpha value is -2.11. The Balaban J connectivity index is 1.61. The molecule has 4 rings (SSSR count). The normalized spacial score (nSPS) is 19.6. The third-order valence-electron chi connectivity index (χ3n) is 7.05. The molecule has 34 heavy (non-hydrogen) atoms. The Labute approximate surface area is 207 Å². The van der Waals surface area contributed by atoms with Gasteiger partial charge in [-0.2, -0.15) is 5.26 Å². The van der Waals surface area contributed by atoms with E-state index in [-0.39, 0.29) is 30.4 Å². The molecule has 2 aromatic carbocycles. The van der Waals surface area contributed by atoms with Crippen LogP contribution in [0.15, 0.2) is 42.5 Å². The lowest BCUT2D eigenvalue weighted by molar-refractivity contribution is 0.0619. The van der Waals surface area contributed by atoms with E-state index in [4.69, 9.17) is 16.3 Å². The number of sulfonamides is 1. The zero-order chi connectivity index (χ0) is 24.2. The molecule has 0 bridgehead atoms. The molecule has 0 saturated heterocycles. The average molecular weight is 502 g/mol. The van der Waals surface area contributed by atoms with Crippen LogP contribution in [0.1, 0.15) is 55.3 Å². The molecule has 8 heteroatoms. The summed E-state index contributed by atoms with van der Waals surface area (Å²) in [4.78, 5) is 2.30. The van der Waals surface area contributed by atoms with Crippen molar-refractivity contribution in [3.63, 3.8) is 0 Å². The number of benzene rings is 2. The molecule has 1 N–H and O–H groups in total. The van der Waals surface area contributed by atoms with E-state index < -0.39 is 10.0 Å². The lowest BCUT2D eigenvalue weighted by atomic mass is 9.57. The molecular weight excluding hydrogens is 470 g/mol. The van der Waals surface area contributed by atoms with Gasteiger partial charge in [-0.05, 0) is 66.6 Å². The highest BCUT2D eigenvalue weighted by Gasteiger charge is 2.50. The first kappa shape index (κ1) is 25.0. The fraction of sp³-hybridized carbons (Fsp3) is 0.500.